The molecule has 6 heteroatoms. The summed E-state index contributed by atoms with van der Waals surface area (Å²) in [5.74, 6) is -0.0275. The number of allylic oxidation sites excluding steroid dienone is 8. The summed E-state index contributed by atoms with van der Waals surface area (Å²) >= 11 is 0. The van der Waals surface area contributed by atoms with E-state index in [4.69, 9.17) is 4.74 Å². The SMILES string of the molecule is CCCCCC/C=C\C/C=C\CCCCCCCC(=O)OCCCCCCCCCCC/C=C\C/C=C\CCCCCCCCCCCCCCCCCCCC(=O)NC(CO)C(O)CCCCCCCCCCCCCCCCCCCCCCC. The lowest BCUT2D eigenvalue weighted by molar-refractivity contribution is -0.143. The molecule has 1 amide bonds. The first-order valence-corrected chi connectivity index (χ1v) is 39.4. The molecule has 0 bridgehead atoms. The molecule has 2 atom stereocenters. The fraction of sp³-hybridized carbons (Fsp3) is 0.877. The third-order valence-corrected chi connectivity index (χ3v) is 18.4. The van der Waals surface area contributed by atoms with Crippen LogP contribution < -0.4 is 5.32 Å². The summed E-state index contributed by atoms with van der Waals surface area (Å²) in [5.41, 5.74) is 0. The maximum atomic E-state index is 12.6. The first-order valence-electron chi connectivity index (χ1n) is 39.4. The smallest absolute Gasteiger partial charge is 0.305 e. The molecule has 0 spiro atoms. The second kappa shape index (κ2) is 76.3. The Morgan fingerprint density at radius 1 is 0.322 bits per heavy atom. The van der Waals surface area contributed by atoms with E-state index in [0.717, 1.165) is 57.8 Å². The van der Waals surface area contributed by atoms with Crippen LogP contribution in [0.2, 0.25) is 0 Å². The van der Waals surface area contributed by atoms with Gasteiger partial charge in [0, 0.05) is 12.8 Å². The number of rotatable bonds is 74. The lowest BCUT2D eigenvalue weighted by atomic mass is 10.0. The van der Waals surface area contributed by atoms with Crippen LogP contribution in [0.25, 0.3) is 0 Å². The van der Waals surface area contributed by atoms with E-state index in [2.05, 4.69) is 67.8 Å². The van der Waals surface area contributed by atoms with Gasteiger partial charge in [0.05, 0.1) is 25.4 Å². The number of nitrogens with one attached hydrogen (secondary N) is 1. The van der Waals surface area contributed by atoms with Crippen LogP contribution in [0, 0.1) is 0 Å². The van der Waals surface area contributed by atoms with Crippen LogP contribution in [0.5, 0.6) is 0 Å². The molecule has 6 nitrogen and oxygen atoms in total. The minimum Gasteiger partial charge on any atom is -0.466 e. The zero-order valence-corrected chi connectivity index (χ0v) is 58.8. The summed E-state index contributed by atoms with van der Waals surface area (Å²) in [6.07, 6.45) is 101. The van der Waals surface area contributed by atoms with Gasteiger partial charge in [-0.3, -0.25) is 9.59 Å². The summed E-state index contributed by atoms with van der Waals surface area (Å²) in [7, 11) is 0. The van der Waals surface area contributed by atoms with Gasteiger partial charge in [-0.2, -0.15) is 0 Å². The Morgan fingerprint density at radius 3 is 0.885 bits per heavy atom. The Balaban J connectivity index is 3.39. The highest BCUT2D eigenvalue weighted by Crippen LogP contribution is 2.19. The topological polar surface area (TPSA) is 95.9 Å². The van der Waals surface area contributed by atoms with E-state index in [1.165, 1.54) is 340 Å². The predicted octanol–water partition coefficient (Wildman–Crippen LogP) is 26.0. The minimum atomic E-state index is -0.665. The number of aliphatic hydroxyl groups is 2. The highest BCUT2D eigenvalue weighted by Gasteiger charge is 2.20. The van der Waals surface area contributed by atoms with Crippen LogP contribution in [0.3, 0.4) is 0 Å². The van der Waals surface area contributed by atoms with E-state index in [0.29, 0.717) is 25.9 Å². The second-order valence-electron chi connectivity index (χ2n) is 27.0. The molecule has 0 aliphatic heterocycles. The number of hydrogen-bond acceptors (Lipinski definition) is 5. The molecule has 0 aromatic rings. The van der Waals surface area contributed by atoms with Gasteiger partial charge in [-0.25, -0.2) is 0 Å². The zero-order chi connectivity index (χ0) is 62.8. The fourth-order valence-electron chi connectivity index (χ4n) is 12.4. The number of carbonyl (C=O) groups is 2. The molecule has 3 N–H and O–H groups in total. The number of esters is 1. The van der Waals surface area contributed by atoms with E-state index in [1.54, 1.807) is 0 Å². The van der Waals surface area contributed by atoms with Crippen molar-refractivity contribution in [1.29, 1.82) is 0 Å². The van der Waals surface area contributed by atoms with Crippen molar-refractivity contribution in [3.05, 3.63) is 48.6 Å². The monoisotopic (exact) mass is 1220 g/mol. The maximum absolute atomic E-state index is 12.6. The van der Waals surface area contributed by atoms with E-state index in [-0.39, 0.29) is 18.5 Å². The van der Waals surface area contributed by atoms with Crippen LogP contribution >= 0.6 is 0 Å². The lowest BCUT2D eigenvalue weighted by Crippen LogP contribution is -2.45. The van der Waals surface area contributed by atoms with Crippen LogP contribution in [0.4, 0.5) is 0 Å². The van der Waals surface area contributed by atoms with Gasteiger partial charge in [0.15, 0.2) is 0 Å². The molecule has 0 saturated carbocycles. The highest BCUT2D eigenvalue weighted by molar-refractivity contribution is 5.76. The fourth-order valence-corrected chi connectivity index (χ4v) is 12.4. The Morgan fingerprint density at radius 2 is 0.575 bits per heavy atom. The Hall–Kier alpha value is -2.18. The Labute approximate surface area is 544 Å². The summed E-state index contributed by atoms with van der Waals surface area (Å²) < 4.78 is 5.49. The van der Waals surface area contributed by atoms with Crippen molar-refractivity contribution in [2.24, 2.45) is 0 Å². The quantitative estimate of drug-likeness (QED) is 0.0320. The van der Waals surface area contributed by atoms with E-state index >= 15 is 0 Å². The zero-order valence-electron chi connectivity index (χ0n) is 58.8. The molecule has 0 fully saturated rings. The van der Waals surface area contributed by atoms with Gasteiger partial charge in [-0.15, -0.1) is 0 Å². The van der Waals surface area contributed by atoms with Gasteiger partial charge in [-0.1, -0.05) is 377 Å². The van der Waals surface area contributed by atoms with Crippen molar-refractivity contribution in [3.63, 3.8) is 0 Å². The third-order valence-electron chi connectivity index (χ3n) is 18.4. The molecule has 512 valence electrons. The van der Waals surface area contributed by atoms with Gasteiger partial charge in [0.2, 0.25) is 5.91 Å². The lowest BCUT2D eigenvalue weighted by Gasteiger charge is -2.22. The predicted molar refractivity (Wildman–Crippen MR) is 384 cm³/mol. The van der Waals surface area contributed by atoms with Crippen LogP contribution in [0.1, 0.15) is 431 Å². The van der Waals surface area contributed by atoms with E-state index < -0.39 is 12.1 Å². The standard InChI is InChI=1S/C81H153NO5/c1-3-5-7-9-11-13-15-17-19-21-22-36-39-42-45-49-53-57-61-65-69-73-79(84)78(77-83)82-80(85)74-70-66-62-58-54-50-46-43-40-37-34-32-30-28-26-24-23-25-27-29-31-33-35-38-41-44-48-52-56-60-64-68-72-76-87-81(86)75-71-67-63-59-55-51-47-20-18-16-14-12-10-8-6-4-2/h14,16,20,27,29,33,35,47,78-79,83-84H,3-13,15,17-19,21-26,28,30-32,34,36-46,48-77H2,1-2H3,(H,82,85)/b16-14-,29-27-,35-33-,47-20-. The van der Waals surface area contributed by atoms with Gasteiger partial charge in [-0.05, 0) is 89.9 Å². The first kappa shape index (κ1) is 84.8. The summed E-state index contributed by atoms with van der Waals surface area (Å²) in [4.78, 5) is 24.6. The van der Waals surface area contributed by atoms with Crippen LogP contribution in [0.15, 0.2) is 48.6 Å². The molecule has 87 heavy (non-hydrogen) atoms. The Bertz CT molecular complexity index is 1450. The third kappa shape index (κ3) is 72.8. The number of aliphatic hydroxyl groups excluding tert-OH is 2. The summed E-state index contributed by atoms with van der Waals surface area (Å²) in [6, 6.07) is -0.542. The number of carbonyl (C=O) groups excluding carboxylic acids is 2. The van der Waals surface area contributed by atoms with E-state index in [1.807, 2.05) is 0 Å². The molecular formula is C81H153NO5. The molecule has 0 aliphatic rings. The maximum Gasteiger partial charge on any atom is 0.305 e. The van der Waals surface area contributed by atoms with Crippen molar-refractivity contribution >= 4 is 11.9 Å². The molecule has 0 aromatic heterocycles. The molecule has 0 saturated heterocycles. The Kier molecular flexibility index (Phi) is 74.4. The minimum absolute atomic E-state index is 0.00114. The number of ether oxygens (including phenoxy) is 1. The molecule has 0 rings (SSSR count). The molecule has 0 aliphatic carbocycles. The van der Waals surface area contributed by atoms with Crippen molar-refractivity contribution in [2.45, 2.75) is 443 Å². The van der Waals surface area contributed by atoms with Crippen molar-refractivity contribution in [3.8, 4) is 0 Å². The van der Waals surface area contributed by atoms with Gasteiger partial charge < -0.3 is 20.3 Å². The number of hydrogen-bond donors (Lipinski definition) is 3. The first-order chi connectivity index (χ1) is 43.0. The molecule has 2 unspecified atom stereocenters. The van der Waals surface area contributed by atoms with E-state index in [9.17, 15) is 19.8 Å². The molecule has 0 radical (unpaired) electrons. The average molecular weight is 1220 g/mol. The number of unbranched alkanes of at least 4 members (excludes halogenated alkanes) is 55. The normalized spacial score (nSPS) is 12.7. The van der Waals surface area contributed by atoms with Gasteiger partial charge in [0.1, 0.15) is 0 Å². The van der Waals surface area contributed by atoms with Gasteiger partial charge >= 0.3 is 5.97 Å². The highest BCUT2D eigenvalue weighted by atomic mass is 16.5. The van der Waals surface area contributed by atoms with Gasteiger partial charge in [0.25, 0.3) is 0 Å². The number of amides is 1. The molecule has 0 aromatic carbocycles. The summed E-state index contributed by atoms with van der Waals surface area (Å²) in [6.45, 7) is 4.97. The summed E-state index contributed by atoms with van der Waals surface area (Å²) in [5, 5.41) is 23.5. The van der Waals surface area contributed by atoms with Crippen molar-refractivity contribution in [1.82, 2.24) is 5.32 Å². The van der Waals surface area contributed by atoms with Crippen LogP contribution in [-0.2, 0) is 14.3 Å². The molecular weight excluding hydrogens is 1070 g/mol. The van der Waals surface area contributed by atoms with Crippen molar-refractivity contribution < 1.29 is 24.5 Å². The second-order valence-corrected chi connectivity index (χ2v) is 27.0. The largest absolute Gasteiger partial charge is 0.466 e. The molecule has 0 heterocycles. The average Bonchev–Trinajstić information content (AvgIpc) is 3.55. The van der Waals surface area contributed by atoms with Crippen LogP contribution in [-0.4, -0.2) is 47.4 Å². The van der Waals surface area contributed by atoms with Crippen molar-refractivity contribution in [2.75, 3.05) is 13.2 Å².